The van der Waals surface area contributed by atoms with Crippen LogP contribution in [0, 0.1) is 5.41 Å². The summed E-state index contributed by atoms with van der Waals surface area (Å²) in [6.45, 7) is 8.49. The molecule has 2 rings (SSSR count). The van der Waals surface area contributed by atoms with Gasteiger partial charge in [0.2, 0.25) is 0 Å². The molecule has 0 amide bonds. The summed E-state index contributed by atoms with van der Waals surface area (Å²) in [5.41, 5.74) is 1.87. The van der Waals surface area contributed by atoms with Gasteiger partial charge < -0.3 is 18.6 Å². The Hall–Kier alpha value is -1.92. The average Bonchev–Trinajstić information content (AvgIpc) is 3.24. The van der Waals surface area contributed by atoms with Gasteiger partial charge in [0.25, 0.3) is 0 Å². The number of Topliss-reactive ketones (excluding diaryl/α,β-unsaturated/α-hetero) is 1. The SMILES string of the molecule is CCOC(=O)C1=C([C@@H](C[C@H](c2ccoc2)C(C)(C)C)OCOC)CCC1=O. The van der Waals surface area contributed by atoms with Crippen LogP contribution in [0.4, 0.5) is 0 Å². The third-order valence-electron chi connectivity index (χ3n) is 4.92. The molecule has 0 unspecified atom stereocenters. The molecule has 6 nitrogen and oxygen atoms in total. The van der Waals surface area contributed by atoms with E-state index in [2.05, 4.69) is 20.8 Å². The van der Waals surface area contributed by atoms with Crippen LogP contribution in [-0.4, -0.2) is 38.4 Å². The van der Waals surface area contributed by atoms with Crippen molar-refractivity contribution in [3.8, 4) is 0 Å². The quantitative estimate of drug-likeness (QED) is 0.367. The number of carbonyl (C=O) groups is 2. The summed E-state index contributed by atoms with van der Waals surface area (Å²) in [6, 6.07) is 1.95. The number of carbonyl (C=O) groups excluding carboxylic acids is 2. The monoisotopic (exact) mass is 378 g/mol. The molecule has 150 valence electrons. The first-order chi connectivity index (χ1) is 12.8. The van der Waals surface area contributed by atoms with E-state index < -0.39 is 12.1 Å². The number of furan rings is 1. The second-order valence-corrected chi connectivity index (χ2v) is 7.82. The first-order valence-electron chi connectivity index (χ1n) is 9.35. The molecular weight excluding hydrogens is 348 g/mol. The number of esters is 1. The molecule has 0 N–H and O–H groups in total. The molecule has 0 fully saturated rings. The van der Waals surface area contributed by atoms with Crippen molar-refractivity contribution in [2.45, 2.75) is 59.0 Å². The van der Waals surface area contributed by atoms with E-state index in [-0.39, 0.29) is 36.1 Å². The van der Waals surface area contributed by atoms with Crippen LogP contribution >= 0.6 is 0 Å². The highest BCUT2D eigenvalue weighted by atomic mass is 16.7. The minimum Gasteiger partial charge on any atom is -0.472 e. The van der Waals surface area contributed by atoms with Crippen molar-refractivity contribution in [3.05, 3.63) is 35.3 Å². The maximum absolute atomic E-state index is 12.4. The molecule has 0 radical (unpaired) electrons. The molecule has 0 saturated heterocycles. The molecule has 2 atom stereocenters. The zero-order valence-corrected chi connectivity index (χ0v) is 16.9. The predicted molar refractivity (Wildman–Crippen MR) is 100 cm³/mol. The van der Waals surface area contributed by atoms with Gasteiger partial charge >= 0.3 is 5.97 Å². The standard InChI is InChI=1S/C21H30O6/c1-6-26-20(23)19-15(7-8-17(19)22)18(27-13-24-5)11-16(21(2,3)4)14-9-10-25-12-14/h9-10,12,16,18H,6-8,11,13H2,1-5H3/t16-,18-/m1/s1. The molecule has 0 aromatic carbocycles. The highest BCUT2D eigenvalue weighted by Gasteiger charge is 2.37. The Morgan fingerprint density at radius 1 is 1.30 bits per heavy atom. The molecular formula is C21H30O6. The molecule has 0 bridgehead atoms. The van der Waals surface area contributed by atoms with Crippen molar-refractivity contribution >= 4 is 11.8 Å². The maximum Gasteiger partial charge on any atom is 0.341 e. The Bertz CT molecular complexity index is 665. The second-order valence-electron chi connectivity index (χ2n) is 7.82. The van der Waals surface area contributed by atoms with Gasteiger partial charge in [-0.05, 0) is 48.3 Å². The van der Waals surface area contributed by atoms with Gasteiger partial charge in [-0.25, -0.2) is 4.79 Å². The van der Waals surface area contributed by atoms with Crippen LogP contribution in [0.25, 0.3) is 0 Å². The first-order valence-corrected chi connectivity index (χ1v) is 9.35. The molecule has 6 heteroatoms. The van der Waals surface area contributed by atoms with E-state index in [1.54, 1.807) is 26.6 Å². The summed E-state index contributed by atoms with van der Waals surface area (Å²) in [5.74, 6) is -0.619. The molecule has 1 aliphatic rings. The molecule has 1 heterocycles. The highest BCUT2D eigenvalue weighted by molar-refractivity contribution is 6.19. The average molecular weight is 378 g/mol. The smallest absolute Gasteiger partial charge is 0.341 e. The van der Waals surface area contributed by atoms with Gasteiger partial charge in [-0.2, -0.15) is 0 Å². The van der Waals surface area contributed by atoms with Gasteiger partial charge in [0.05, 0.1) is 25.2 Å². The van der Waals surface area contributed by atoms with Crippen molar-refractivity contribution in [2.24, 2.45) is 5.41 Å². The van der Waals surface area contributed by atoms with Crippen LogP contribution in [0.3, 0.4) is 0 Å². The lowest BCUT2D eigenvalue weighted by molar-refractivity contribution is -0.140. The second kappa shape index (κ2) is 9.33. The summed E-state index contributed by atoms with van der Waals surface area (Å²) in [6.07, 6.45) is 4.41. The van der Waals surface area contributed by atoms with E-state index in [9.17, 15) is 9.59 Å². The van der Waals surface area contributed by atoms with Crippen molar-refractivity contribution < 1.29 is 28.2 Å². The summed E-state index contributed by atoms with van der Waals surface area (Å²) in [5, 5.41) is 0. The Morgan fingerprint density at radius 3 is 2.59 bits per heavy atom. The van der Waals surface area contributed by atoms with Crippen LogP contribution in [-0.2, 0) is 23.8 Å². The summed E-state index contributed by atoms with van der Waals surface area (Å²) in [7, 11) is 1.55. The number of methoxy groups -OCH3 is 1. The Kier molecular flexibility index (Phi) is 7.39. The normalized spacial score (nSPS) is 17.3. The lowest BCUT2D eigenvalue weighted by Crippen LogP contribution is -2.28. The zero-order chi connectivity index (χ0) is 20.0. The highest BCUT2D eigenvalue weighted by Crippen LogP contribution is 2.42. The maximum atomic E-state index is 12.4. The van der Waals surface area contributed by atoms with Crippen LogP contribution < -0.4 is 0 Å². The topological polar surface area (TPSA) is 75.0 Å². The lowest BCUT2D eigenvalue weighted by Gasteiger charge is -2.33. The molecule has 0 spiro atoms. The zero-order valence-electron chi connectivity index (χ0n) is 16.9. The number of ketones is 1. The largest absolute Gasteiger partial charge is 0.472 e. The molecule has 0 saturated carbocycles. The van der Waals surface area contributed by atoms with Gasteiger partial charge in [0, 0.05) is 13.5 Å². The van der Waals surface area contributed by atoms with E-state index in [1.807, 2.05) is 6.07 Å². The van der Waals surface area contributed by atoms with Crippen LogP contribution in [0.15, 0.2) is 34.2 Å². The fraction of sp³-hybridized carbons (Fsp3) is 0.619. The van der Waals surface area contributed by atoms with E-state index in [0.29, 0.717) is 24.8 Å². The van der Waals surface area contributed by atoms with Crippen LogP contribution in [0.2, 0.25) is 0 Å². The van der Waals surface area contributed by atoms with Crippen LogP contribution in [0.5, 0.6) is 0 Å². The predicted octanol–water partition coefficient (Wildman–Crippen LogP) is 4.01. The number of rotatable bonds is 9. The third-order valence-corrected chi connectivity index (χ3v) is 4.92. The minimum absolute atomic E-state index is 0.0637. The van der Waals surface area contributed by atoms with E-state index in [1.165, 1.54) is 0 Å². The van der Waals surface area contributed by atoms with Gasteiger partial charge in [0.15, 0.2) is 5.78 Å². The van der Waals surface area contributed by atoms with Crippen LogP contribution in [0.1, 0.15) is 58.4 Å². The van der Waals surface area contributed by atoms with E-state index >= 15 is 0 Å². The fourth-order valence-corrected chi connectivity index (χ4v) is 3.59. The number of ether oxygens (including phenoxy) is 3. The molecule has 1 aromatic rings. The number of hydrogen-bond donors (Lipinski definition) is 0. The fourth-order valence-electron chi connectivity index (χ4n) is 3.59. The summed E-state index contributed by atoms with van der Waals surface area (Å²) >= 11 is 0. The molecule has 1 aliphatic carbocycles. The molecule has 0 aliphatic heterocycles. The van der Waals surface area contributed by atoms with Gasteiger partial charge in [-0.3, -0.25) is 4.79 Å². The van der Waals surface area contributed by atoms with Crippen molar-refractivity contribution in [2.75, 3.05) is 20.5 Å². The summed E-state index contributed by atoms with van der Waals surface area (Å²) < 4.78 is 21.4. The molecule has 27 heavy (non-hydrogen) atoms. The van der Waals surface area contributed by atoms with Crippen molar-refractivity contribution in [3.63, 3.8) is 0 Å². The number of hydrogen-bond acceptors (Lipinski definition) is 6. The third kappa shape index (κ3) is 5.30. The van der Waals surface area contributed by atoms with Crippen molar-refractivity contribution in [1.82, 2.24) is 0 Å². The van der Waals surface area contributed by atoms with E-state index in [0.717, 1.165) is 5.56 Å². The minimum atomic E-state index is -0.559. The van der Waals surface area contributed by atoms with Gasteiger partial charge in [-0.15, -0.1) is 0 Å². The Morgan fingerprint density at radius 2 is 2.04 bits per heavy atom. The lowest BCUT2D eigenvalue weighted by atomic mass is 9.73. The summed E-state index contributed by atoms with van der Waals surface area (Å²) in [4.78, 5) is 24.7. The van der Waals surface area contributed by atoms with Crippen molar-refractivity contribution in [1.29, 1.82) is 0 Å². The van der Waals surface area contributed by atoms with E-state index in [4.69, 9.17) is 18.6 Å². The molecule has 1 aromatic heterocycles. The van der Waals surface area contributed by atoms with Gasteiger partial charge in [0.1, 0.15) is 12.4 Å². The first kappa shape index (κ1) is 21.4. The van der Waals surface area contributed by atoms with Gasteiger partial charge in [-0.1, -0.05) is 20.8 Å². The Balaban J connectivity index is 2.38. The Labute approximate surface area is 160 Å².